The van der Waals surface area contributed by atoms with Crippen LogP contribution in [0.4, 0.5) is 4.79 Å². The van der Waals surface area contributed by atoms with E-state index >= 15 is 0 Å². The van der Waals surface area contributed by atoms with Gasteiger partial charge in [0, 0.05) is 40.3 Å². The number of aromatic nitrogens is 3. The SMILES string of the molecule is COC(OC)[C@H]1CN(S(=O)(=O)c2cn(C)nn2)C[C@@H]1NC(=O)O. The molecule has 2 atom stereocenters. The Hall–Kier alpha value is -1.76. The maximum atomic E-state index is 12.6. The van der Waals surface area contributed by atoms with Crippen molar-refractivity contribution in [3.63, 3.8) is 0 Å². The Morgan fingerprint density at radius 1 is 1.43 bits per heavy atom. The van der Waals surface area contributed by atoms with Gasteiger partial charge < -0.3 is 19.9 Å². The number of ether oxygens (including phenoxy) is 2. The lowest BCUT2D eigenvalue weighted by Gasteiger charge is -2.25. The number of sulfonamides is 1. The Balaban J connectivity index is 2.26. The van der Waals surface area contributed by atoms with Crippen LogP contribution in [0.25, 0.3) is 0 Å². The van der Waals surface area contributed by atoms with Crippen LogP contribution in [0.1, 0.15) is 0 Å². The van der Waals surface area contributed by atoms with Crippen molar-refractivity contribution >= 4 is 16.1 Å². The molecule has 0 radical (unpaired) electrons. The monoisotopic (exact) mass is 349 g/mol. The van der Waals surface area contributed by atoms with Crippen molar-refractivity contribution < 1.29 is 27.8 Å². The number of carbonyl (C=O) groups is 1. The second-order valence-corrected chi connectivity index (χ2v) is 7.00. The van der Waals surface area contributed by atoms with Crippen molar-refractivity contribution in [2.24, 2.45) is 13.0 Å². The van der Waals surface area contributed by atoms with Gasteiger partial charge in [-0.05, 0) is 0 Å². The summed E-state index contributed by atoms with van der Waals surface area (Å²) in [6, 6.07) is -0.663. The van der Waals surface area contributed by atoms with Crippen LogP contribution in [0, 0.1) is 5.92 Å². The van der Waals surface area contributed by atoms with Crippen LogP contribution in [0.5, 0.6) is 0 Å². The minimum atomic E-state index is -3.87. The van der Waals surface area contributed by atoms with E-state index in [-0.39, 0.29) is 18.1 Å². The van der Waals surface area contributed by atoms with Gasteiger partial charge >= 0.3 is 6.09 Å². The Morgan fingerprint density at radius 2 is 2.09 bits per heavy atom. The van der Waals surface area contributed by atoms with E-state index in [2.05, 4.69) is 15.6 Å². The van der Waals surface area contributed by atoms with Gasteiger partial charge in [0.25, 0.3) is 10.0 Å². The third kappa shape index (κ3) is 3.60. The van der Waals surface area contributed by atoms with Gasteiger partial charge in [0.1, 0.15) is 0 Å². The maximum Gasteiger partial charge on any atom is 0.404 e. The molecule has 1 aliphatic rings. The van der Waals surface area contributed by atoms with E-state index in [9.17, 15) is 13.2 Å². The highest BCUT2D eigenvalue weighted by Gasteiger charge is 2.44. The highest BCUT2D eigenvalue weighted by atomic mass is 32.2. The molecule has 1 fully saturated rings. The fraction of sp³-hybridized carbons (Fsp3) is 0.727. The standard InChI is InChI=1S/C11H19N5O6S/c1-15-6-9(13-14-15)23(19,20)16-4-7(10(21-2)22-3)8(5-16)12-11(17)18/h6-8,10,12H,4-5H2,1-3H3,(H,17,18)/t7-,8-/m0/s1. The van der Waals surface area contributed by atoms with Crippen molar-refractivity contribution in [1.82, 2.24) is 24.6 Å². The molecule has 1 aromatic rings. The molecule has 11 nitrogen and oxygen atoms in total. The molecule has 0 spiro atoms. The molecule has 0 unspecified atom stereocenters. The fourth-order valence-corrected chi connectivity index (χ4v) is 4.01. The van der Waals surface area contributed by atoms with Crippen molar-refractivity contribution in [3.05, 3.63) is 6.20 Å². The van der Waals surface area contributed by atoms with Crippen molar-refractivity contribution in [1.29, 1.82) is 0 Å². The third-order valence-electron chi connectivity index (χ3n) is 3.64. The molecule has 1 aliphatic heterocycles. The first-order valence-electron chi connectivity index (χ1n) is 6.71. The average Bonchev–Trinajstić information content (AvgIpc) is 3.08. The average molecular weight is 349 g/mol. The predicted octanol–water partition coefficient (Wildman–Crippen LogP) is -1.31. The number of carboxylic acid groups (broad SMARTS) is 1. The van der Waals surface area contributed by atoms with E-state index in [0.29, 0.717) is 0 Å². The molecule has 2 N–H and O–H groups in total. The highest BCUT2D eigenvalue weighted by molar-refractivity contribution is 7.89. The number of hydrogen-bond acceptors (Lipinski definition) is 7. The zero-order valence-electron chi connectivity index (χ0n) is 12.9. The molecule has 1 amide bonds. The van der Waals surface area contributed by atoms with Crippen molar-refractivity contribution in [3.8, 4) is 0 Å². The second kappa shape index (κ2) is 6.78. The Labute approximate surface area is 133 Å². The fourth-order valence-electron chi connectivity index (χ4n) is 2.60. The number of hydrogen-bond donors (Lipinski definition) is 2. The van der Waals surface area contributed by atoms with Gasteiger partial charge in [0.05, 0.1) is 12.2 Å². The van der Waals surface area contributed by atoms with Gasteiger partial charge in [-0.2, -0.15) is 4.31 Å². The summed E-state index contributed by atoms with van der Waals surface area (Å²) in [6.45, 7) is -0.00467. The minimum absolute atomic E-state index is 0.0379. The molecule has 1 saturated heterocycles. The first-order chi connectivity index (χ1) is 10.8. The van der Waals surface area contributed by atoms with Crippen LogP contribution < -0.4 is 5.32 Å². The van der Waals surface area contributed by atoms with Crippen LogP contribution in [-0.4, -0.2) is 78.6 Å². The lowest BCUT2D eigenvalue weighted by Crippen LogP contribution is -2.44. The number of nitrogens with one attached hydrogen (secondary N) is 1. The molecule has 23 heavy (non-hydrogen) atoms. The van der Waals surface area contributed by atoms with Gasteiger partial charge in [0.2, 0.25) is 5.03 Å². The van der Waals surface area contributed by atoms with Crippen molar-refractivity contribution in [2.75, 3.05) is 27.3 Å². The highest BCUT2D eigenvalue weighted by Crippen LogP contribution is 2.27. The van der Waals surface area contributed by atoms with E-state index in [1.54, 1.807) is 7.05 Å². The van der Waals surface area contributed by atoms with E-state index in [0.717, 1.165) is 4.31 Å². The van der Waals surface area contributed by atoms with Crippen molar-refractivity contribution in [2.45, 2.75) is 17.4 Å². The number of aryl methyl sites for hydroxylation is 1. The molecule has 130 valence electrons. The third-order valence-corrected chi connectivity index (χ3v) is 5.33. The Morgan fingerprint density at radius 3 is 2.57 bits per heavy atom. The molecule has 0 aliphatic carbocycles. The van der Waals surface area contributed by atoms with Crippen LogP contribution in [0.15, 0.2) is 11.2 Å². The molecular weight excluding hydrogens is 330 g/mol. The molecule has 0 aromatic carbocycles. The summed E-state index contributed by atoms with van der Waals surface area (Å²) >= 11 is 0. The van der Waals surface area contributed by atoms with Gasteiger partial charge in [-0.1, -0.05) is 5.21 Å². The van der Waals surface area contributed by atoms with Gasteiger partial charge in [0.15, 0.2) is 6.29 Å². The smallest absolute Gasteiger partial charge is 0.404 e. The number of rotatable bonds is 6. The first kappa shape index (κ1) is 17.6. The largest absolute Gasteiger partial charge is 0.465 e. The summed E-state index contributed by atoms with van der Waals surface area (Å²) in [7, 11) is 0.498. The lowest BCUT2D eigenvalue weighted by atomic mass is 10.0. The van der Waals surface area contributed by atoms with E-state index in [4.69, 9.17) is 14.6 Å². The van der Waals surface area contributed by atoms with E-state index in [1.165, 1.54) is 25.1 Å². The number of amides is 1. The zero-order chi connectivity index (χ0) is 17.2. The molecule has 1 aromatic heterocycles. The summed E-state index contributed by atoms with van der Waals surface area (Å²) in [5.74, 6) is -0.493. The molecule has 0 saturated carbocycles. The predicted molar refractivity (Wildman–Crippen MR) is 76.0 cm³/mol. The quantitative estimate of drug-likeness (QED) is 0.604. The van der Waals surface area contributed by atoms with Gasteiger partial charge in [-0.15, -0.1) is 5.10 Å². The summed E-state index contributed by atoms with van der Waals surface area (Å²) < 4.78 is 37.9. The normalized spacial score (nSPS) is 22.6. The molecule has 0 bridgehead atoms. The summed E-state index contributed by atoms with van der Waals surface area (Å²) in [6.07, 6.45) is -0.703. The van der Waals surface area contributed by atoms with Crippen LogP contribution in [0.2, 0.25) is 0 Å². The molecule has 2 rings (SSSR count). The molecular formula is C11H19N5O6S. The maximum absolute atomic E-state index is 12.6. The van der Waals surface area contributed by atoms with Crippen LogP contribution in [0.3, 0.4) is 0 Å². The Bertz CT molecular complexity index is 658. The van der Waals surface area contributed by atoms with Gasteiger partial charge in [-0.25, -0.2) is 13.2 Å². The summed E-state index contributed by atoms with van der Waals surface area (Å²) in [5.41, 5.74) is 0. The topological polar surface area (TPSA) is 136 Å². The van der Waals surface area contributed by atoms with Crippen LogP contribution in [-0.2, 0) is 26.5 Å². The first-order valence-corrected chi connectivity index (χ1v) is 8.15. The molecule has 12 heteroatoms. The summed E-state index contributed by atoms with van der Waals surface area (Å²) in [4.78, 5) is 10.9. The number of nitrogens with zero attached hydrogens (tertiary/aromatic N) is 4. The molecule has 2 heterocycles. The van der Waals surface area contributed by atoms with Crippen LogP contribution >= 0.6 is 0 Å². The minimum Gasteiger partial charge on any atom is -0.465 e. The number of methoxy groups -OCH3 is 2. The summed E-state index contributed by atoms with van der Waals surface area (Å²) in [5, 5.41) is 18.3. The Kier molecular flexibility index (Phi) is 5.19. The van der Waals surface area contributed by atoms with E-state index < -0.39 is 34.4 Å². The lowest BCUT2D eigenvalue weighted by molar-refractivity contribution is -0.137. The second-order valence-electron chi connectivity index (χ2n) is 5.11. The van der Waals surface area contributed by atoms with E-state index in [1.807, 2.05) is 0 Å². The zero-order valence-corrected chi connectivity index (χ0v) is 13.7. The van der Waals surface area contributed by atoms with Gasteiger partial charge in [-0.3, -0.25) is 4.68 Å².